The number of halogens is 3. The third kappa shape index (κ3) is 11.0. The molecule has 4 rings (SSSR count). The molecule has 0 aliphatic rings. The van der Waals surface area contributed by atoms with E-state index in [1.165, 1.54) is 0 Å². The molecule has 4 aromatic rings. The molecule has 0 saturated carbocycles. The second-order valence-electron chi connectivity index (χ2n) is 10.8. The first-order chi connectivity index (χ1) is 22.2. The van der Waals surface area contributed by atoms with Crippen LogP contribution in [0.5, 0.6) is 11.5 Å². The van der Waals surface area contributed by atoms with Crippen LogP contribution < -0.4 is 25.8 Å². The summed E-state index contributed by atoms with van der Waals surface area (Å²) in [6.45, 7) is 11.1. The van der Waals surface area contributed by atoms with Crippen molar-refractivity contribution in [3.63, 3.8) is 0 Å². The largest absolute Gasteiger partial charge is 0.490 e. The molecule has 0 aliphatic heterocycles. The van der Waals surface area contributed by atoms with Gasteiger partial charge in [0, 0.05) is 34.0 Å². The highest BCUT2D eigenvalue weighted by atomic mass is 32.2. The molecule has 1 atom stereocenters. The monoisotopic (exact) mass is 672 g/mol. The minimum absolute atomic E-state index is 0.00872. The van der Waals surface area contributed by atoms with E-state index in [2.05, 4.69) is 41.6 Å². The Morgan fingerprint density at radius 3 is 2.34 bits per heavy atom. The van der Waals surface area contributed by atoms with Crippen molar-refractivity contribution in [2.24, 2.45) is 0 Å². The lowest BCUT2D eigenvalue weighted by Crippen LogP contribution is -2.33. The fourth-order valence-electron chi connectivity index (χ4n) is 4.38. The highest BCUT2D eigenvalue weighted by molar-refractivity contribution is 8.00. The summed E-state index contributed by atoms with van der Waals surface area (Å²) in [5.41, 5.74) is 8.68. The number of carbonyl (C=O) groups is 2. The first-order valence-electron chi connectivity index (χ1n) is 14.9. The number of nitrogens with zero attached hydrogens (tertiary/aromatic N) is 1. The average Bonchev–Trinajstić information content (AvgIpc) is 3.00. The van der Waals surface area contributed by atoms with Crippen LogP contribution in [0.1, 0.15) is 51.8 Å². The van der Waals surface area contributed by atoms with Crippen LogP contribution in [-0.4, -0.2) is 46.1 Å². The van der Waals surface area contributed by atoms with E-state index in [0.29, 0.717) is 35.7 Å². The number of pyridine rings is 1. The van der Waals surface area contributed by atoms with Crippen molar-refractivity contribution in [3.8, 4) is 11.5 Å². The summed E-state index contributed by atoms with van der Waals surface area (Å²) in [7, 11) is 0. The van der Waals surface area contributed by atoms with Crippen molar-refractivity contribution in [2.75, 3.05) is 17.7 Å². The number of carboxylic acids is 1. The maximum atomic E-state index is 13.8. The van der Waals surface area contributed by atoms with Crippen molar-refractivity contribution in [1.82, 2.24) is 10.3 Å². The fourth-order valence-corrected chi connectivity index (χ4v) is 5.34. The van der Waals surface area contributed by atoms with Crippen molar-refractivity contribution in [1.29, 1.82) is 0 Å². The van der Waals surface area contributed by atoms with Crippen LogP contribution in [0.2, 0.25) is 0 Å². The Kier molecular flexibility index (Phi) is 13.1. The zero-order chi connectivity index (χ0) is 34.7. The summed E-state index contributed by atoms with van der Waals surface area (Å²) in [6.07, 6.45) is -3.41. The zero-order valence-electron chi connectivity index (χ0n) is 26.7. The number of alkyl halides is 3. The van der Waals surface area contributed by atoms with Gasteiger partial charge >= 0.3 is 12.1 Å². The SMILES string of the molecule is CCOc1cc(C(Nc2ccc3c(N)nccc3c2)C(=O)NCc2ccccc2SC(C)C)ccc1OC(C)C.O=C(O)C(F)(F)F. The van der Waals surface area contributed by atoms with Crippen LogP contribution in [-0.2, 0) is 16.1 Å². The first kappa shape index (κ1) is 36.8. The molecule has 1 heterocycles. The van der Waals surface area contributed by atoms with Gasteiger partial charge < -0.3 is 30.9 Å². The number of anilines is 2. The van der Waals surface area contributed by atoms with E-state index in [4.69, 9.17) is 25.1 Å². The molecule has 0 spiro atoms. The van der Waals surface area contributed by atoms with Crippen LogP contribution in [0.15, 0.2) is 77.8 Å². The van der Waals surface area contributed by atoms with Gasteiger partial charge in [0.1, 0.15) is 11.9 Å². The zero-order valence-corrected chi connectivity index (χ0v) is 27.5. The van der Waals surface area contributed by atoms with Gasteiger partial charge in [0.25, 0.3) is 0 Å². The van der Waals surface area contributed by atoms with E-state index >= 15 is 0 Å². The summed E-state index contributed by atoms with van der Waals surface area (Å²) in [4.78, 5) is 28.1. The molecule has 0 aliphatic carbocycles. The number of aliphatic carboxylic acids is 1. The number of amides is 1. The topological polar surface area (TPSA) is 136 Å². The Hall–Kier alpha value is -4.65. The highest BCUT2D eigenvalue weighted by Crippen LogP contribution is 2.34. The van der Waals surface area contributed by atoms with E-state index in [9.17, 15) is 18.0 Å². The number of nitrogen functional groups attached to an aromatic ring is 1. The van der Waals surface area contributed by atoms with Crippen LogP contribution in [0.4, 0.5) is 24.7 Å². The van der Waals surface area contributed by atoms with E-state index in [1.807, 2.05) is 75.4 Å². The summed E-state index contributed by atoms with van der Waals surface area (Å²) >= 11 is 1.79. The van der Waals surface area contributed by atoms with Crippen LogP contribution in [0.25, 0.3) is 10.8 Å². The fraction of sp³-hybridized carbons (Fsp3) is 0.324. The molecule has 5 N–H and O–H groups in total. The Labute approximate surface area is 276 Å². The number of thioether (sulfide) groups is 1. The second-order valence-corrected chi connectivity index (χ2v) is 12.4. The van der Waals surface area contributed by atoms with Crippen molar-refractivity contribution < 1.29 is 37.3 Å². The third-order valence-corrected chi connectivity index (χ3v) is 7.49. The lowest BCUT2D eigenvalue weighted by atomic mass is 10.0. The molecule has 0 fully saturated rings. The average molecular weight is 673 g/mol. The van der Waals surface area contributed by atoms with E-state index in [1.54, 1.807) is 18.0 Å². The molecule has 1 unspecified atom stereocenters. The molecule has 47 heavy (non-hydrogen) atoms. The normalized spacial score (nSPS) is 11.9. The van der Waals surface area contributed by atoms with Gasteiger partial charge in [-0.15, -0.1) is 11.8 Å². The molecule has 0 bridgehead atoms. The summed E-state index contributed by atoms with van der Waals surface area (Å²) < 4.78 is 43.6. The van der Waals surface area contributed by atoms with E-state index in [-0.39, 0.29) is 12.0 Å². The number of aromatic nitrogens is 1. The Morgan fingerprint density at radius 2 is 1.70 bits per heavy atom. The first-order valence-corrected chi connectivity index (χ1v) is 15.7. The predicted molar refractivity (Wildman–Crippen MR) is 179 cm³/mol. The van der Waals surface area contributed by atoms with E-state index in [0.717, 1.165) is 32.5 Å². The van der Waals surface area contributed by atoms with Gasteiger partial charge in [-0.2, -0.15) is 13.2 Å². The van der Waals surface area contributed by atoms with E-state index < -0.39 is 18.2 Å². The predicted octanol–water partition coefficient (Wildman–Crippen LogP) is 7.61. The Morgan fingerprint density at radius 1 is 1.00 bits per heavy atom. The number of carbonyl (C=O) groups excluding carboxylic acids is 1. The maximum absolute atomic E-state index is 13.8. The molecule has 1 amide bonds. The van der Waals surface area contributed by atoms with Crippen LogP contribution in [0.3, 0.4) is 0 Å². The Bertz CT molecular complexity index is 1670. The summed E-state index contributed by atoms with van der Waals surface area (Å²) in [5, 5.41) is 16.0. The van der Waals surface area contributed by atoms with Gasteiger partial charge in [-0.05, 0) is 79.7 Å². The standard InChI is InChI=1S/C32H38N4O3S.C2HF3O2/c1-6-38-28-18-23(11-14-27(28)39-20(2)3)30(36-25-12-13-26-22(17-25)15-16-34-31(26)33)32(37)35-19-24-9-7-8-10-29(24)40-21(4)5;3-2(4,5)1(6)7/h7-18,20-21,30,36H,6,19H2,1-5H3,(H2,33,34)(H,35,37);(H,6,7). The van der Waals surface area contributed by atoms with Crippen molar-refractivity contribution in [2.45, 2.75) is 69.6 Å². The molecule has 252 valence electrons. The molecule has 1 aromatic heterocycles. The van der Waals surface area contributed by atoms with Crippen LogP contribution >= 0.6 is 11.8 Å². The number of nitrogens with two attached hydrogens (primary N) is 1. The molecule has 13 heteroatoms. The van der Waals surface area contributed by atoms with Gasteiger partial charge in [0.15, 0.2) is 11.5 Å². The van der Waals surface area contributed by atoms with Crippen molar-refractivity contribution >= 4 is 45.9 Å². The highest BCUT2D eigenvalue weighted by Gasteiger charge is 2.38. The lowest BCUT2D eigenvalue weighted by molar-refractivity contribution is -0.192. The molecular weight excluding hydrogens is 633 g/mol. The number of fused-ring (bicyclic) bond motifs is 1. The second kappa shape index (κ2) is 16.8. The van der Waals surface area contributed by atoms with Gasteiger partial charge in [-0.1, -0.05) is 38.1 Å². The van der Waals surface area contributed by atoms with Gasteiger partial charge in [0.05, 0.1) is 12.7 Å². The number of carboxylic acid groups (broad SMARTS) is 1. The minimum Gasteiger partial charge on any atom is -0.490 e. The lowest BCUT2D eigenvalue weighted by Gasteiger charge is -2.23. The molecule has 0 radical (unpaired) electrons. The maximum Gasteiger partial charge on any atom is 0.490 e. The number of ether oxygens (including phenoxy) is 2. The van der Waals surface area contributed by atoms with Crippen molar-refractivity contribution in [3.05, 3.63) is 84.1 Å². The molecule has 0 saturated heterocycles. The Balaban J connectivity index is 0.000000771. The molecule has 9 nitrogen and oxygen atoms in total. The summed E-state index contributed by atoms with van der Waals surface area (Å²) in [5.74, 6) is -1.19. The number of rotatable bonds is 12. The summed E-state index contributed by atoms with van der Waals surface area (Å²) in [6, 6.07) is 20.8. The molecule has 3 aromatic carbocycles. The van der Waals surface area contributed by atoms with Gasteiger partial charge in [-0.3, -0.25) is 4.79 Å². The minimum atomic E-state index is -5.08. The van der Waals surface area contributed by atoms with Gasteiger partial charge in [-0.25, -0.2) is 9.78 Å². The number of hydrogen-bond donors (Lipinski definition) is 4. The number of benzene rings is 3. The quantitative estimate of drug-likeness (QED) is 0.112. The molecular formula is C34H39F3N4O5S. The van der Waals surface area contributed by atoms with Crippen LogP contribution in [0, 0.1) is 0 Å². The van der Waals surface area contributed by atoms with Gasteiger partial charge in [0.2, 0.25) is 5.91 Å². The third-order valence-electron chi connectivity index (χ3n) is 6.36. The smallest absolute Gasteiger partial charge is 0.490 e. The number of nitrogens with one attached hydrogen (secondary N) is 2. The number of hydrogen-bond acceptors (Lipinski definition) is 8.